The van der Waals surface area contributed by atoms with Crippen molar-refractivity contribution in [2.45, 2.75) is 33.3 Å². The molecule has 0 aliphatic heterocycles. The van der Waals surface area contributed by atoms with E-state index in [1.807, 2.05) is 36.4 Å². The van der Waals surface area contributed by atoms with E-state index in [4.69, 9.17) is 37.4 Å². The third-order valence-corrected chi connectivity index (χ3v) is 5.71. The number of carbonyl (C=O) groups is 3. The van der Waals surface area contributed by atoms with Crippen LogP contribution in [-0.2, 0) is 19.1 Å². The van der Waals surface area contributed by atoms with Crippen molar-refractivity contribution in [2.75, 3.05) is 31.7 Å². The molecule has 13 heteroatoms. The highest BCUT2D eigenvalue weighted by Crippen LogP contribution is 2.34. The second-order valence-electron chi connectivity index (χ2n) is 7.99. The standard InChI is InChI=1S/C25H29Cl2IN4O6/c1-4-36-21-9-16(13-30-32-25(35)24(34)29-6-5-7-37-15(2)3)8-20(28)23(21)38-14-22(33)31-19-11-17(26)10-18(27)12-19/h8-13,15H,4-7,14H2,1-3H3,(H,29,34)(H,31,33)(H,32,35)/b30-13-. The summed E-state index contributed by atoms with van der Waals surface area (Å²) in [5.74, 6) is -1.35. The summed E-state index contributed by atoms with van der Waals surface area (Å²) < 4.78 is 17.4. The minimum Gasteiger partial charge on any atom is -0.490 e. The molecular weight excluding hydrogens is 650 g/mol. The van der Waals surface area contributed by atoms with E-state index in [1.54, 1.807) is 37.3 Å². The zero-order valence-corrected chi connectivity index (χ0v) is 24.8. The first kappa shape index (κ1) is 31.6. The summed E-state index contributed by atoms with van der Waals surface area (Å²) in [5.41, 5.74) is 3.21. The molecule has 2 rings (SSSR count). The fraction of sp³-hybridized carbons (Fsp3) is 0.360. The van der Waals surface area contributed by atoms with Gasteiger partial charge in [0, 0.05) is 28.9 Å². The molecule has 0 aromatic heterocycles. The van der Waals surface area contributed by atoms with Gasteiger partial charge in [-0.3, -0.25) is 14.4 Å². The first-order valence-electron chi connectivity index (χ1n) is 11.7. The molecule has 206 valence electrons. The lowest BCUT2D eigenvalue weighted by Gasteiger charge is -2.14. The van der Waals surface area contributed by atoms with Gasteiger partial charge in [-0.25, -0.2) is 5.43 Å². The molecular formula is C25H29Cl2IN4O6. The minimum atomic E-state index is -0.891. The molecule has 0 aliphatic carbocycles. The molecule has 2 aromatic carbocycles. The number of hydrazone groups is 1. The van der Waals surface area contributed by atoms with Gasteiger partial charge < -0.3 is 24.8 Å². The highest BCUT2D eigenvalue weighted by atomic mass is 127. The van der Waals surface area contributed by atoms with Crippen LogP contribution in [-0.4, -0.2) is 56.4 Å². The number of benzene rings is 2. The molecule has 0 bridgehead atoms. The maximum atomic E-state index is 12.4. The van der Waals surface area contributed by atoms with Crippen LogP contribution in [0.1, 0.15) is 32.8 Å². The third-order valence-electron chi connectivity index (χ3n) is 4.47. The monoisotopic (exact) mass is 678 g/mol. The smallest absolute Gasteiger partial charge is 0.329 e. The molecule has 2 aromatic rings. The number of nitrogens with zero attached hydrogens (tertiary/aromatic N) is 1. The Bertz CT molecular complexity index is 1140. The van der Waals surface area contributed by atoms with Gasteiger partial charge in [0.1, 0.15) is 0 Å². The first-order chi connectivity index (χ1) is 18.1. The summed E-state index contributed by atoms with van der Waals surface area (Å²) in [6.45, 7) is 6.50. The van der Waals surface area contributed by atoms with Gasteiger partial charge in [0.05, 0.1) is 22.5 Å². The van der Waals surface area contributed by atoms with Gasteiger partial charge in [-0.05, 0) is 85.7 Å². The van der Waals surface area contributed by atoms with E-state index in [1.165, 1.54) is 6.21 Å². The van der Waals surface area contributed by atoms with Crippen molar-refractivity contribution in [1.29, 1.82) is 0 Å². The van der Waals surface area contributed by atoms with Crippen LogP contribution in [0.2, 0.25) is 10.0 Å². The van der Waals surface area contributed by atoms with Gasteiger partial charge in [-0.2, -0.15) is 5.10 Å². The van der Waals surface area contributed by atoms with Crippen molar-refractivity contribution < 1.29 is 28.6 Å². The fourth-order valence-corrected chi connectivity index (χ4v) is 4.22. The molecule has 0 saturated carbocycles. The lowest BCUT2D eigenvalue weighted by molar-refractivity contribution is -0.139. The third kappa shape index (κ3) is 11.4. The van der Waals surface area contributed by atoms with Crippen LogP contribution in [0.3, 0.4) is 0 Å². The lowest BCUT2D eigenvalue weighted by Crippen LogP contribution is -2.38. The second kappa shape index (κ2) is 16.4. The van der Waals surface area contributed by atoms with Crippen molar-refractivity contribution in [3.8, 4) is 11.5 Å². The van der Waals surface area contributed by atoms with Crippen LogP contribution in [0, 0.1) is 3.57 Å². The Morgan fingerprint density at radius 3 is 2.42 bits per heavy atom. The number of anilines is 1. The SMILES string of the molecule is CCOc1cc(/C=N\NC(=O)C(=O)NCCCOC(C)C)cc(I)c1OCC(=O)Nc1cc(Cl)cc(Cl)c1. The highest BCUT2D eigenvalue weighted by molar-refractivity contribution is 14.1. The molecule has 3 amide bonds. The van der Waals surface area contributed by atoms with E-state index < -0.39 is 17.7 Å². The number of halogens is 3. The maximum absolute atomic E-state index is 12.4. The van der Waals surface area contributed by atoms with E-state index in [0.717, 1.165) is 0 Å². The second-order valence-corrected chi connectivity index (χ2v) is 10.0. The minimum absolute atomic E-state index is 0.106. The summed E-state index contributed by atoms with van der Waals surface area (Å²) in [5, 5.41) is 9.80. The zero-order chi connectivity index (χ0) is 28.1. The first-order valence-corrected chi connectivity index (χ1v) is 13.5. The Hall–Kier alpha value is -2.61. The van der Waals surface area contributed by atoms with Crippen LogP contribution in [0.15, 0.2) is 35.4 Å². The summed E-state index contributed by atoms with van der Waals surface area (Å²) >= 11 is 14.0. The Morgan fingerprint density at radius 2 is 1.76 bits per heavy atom. The largest absolute Gasteiger partial charge is 0.490 e. The van der Waals surface area contributed by atoms with Crippen molar-refractivity contribution in [3.05, 3.63) is 49.5 Å². The van der Waals surface area contributed by atoms with E-state index in [0.29, 0.717) is 62.5 Å². The van der Waals surface area contributed by atoms with E-state index in [9.17, 15) is 14.4 Å². The van der Waals surface area contributed by atoms with Crippen molar-refractivity contribution >= 4 is 75.4 Å². The molecule has 0 atom stereocenters. The predicted octanol–water partition coefficient (Wildman–Crippen LogP) is 4.40. The normalized spacial score (nSPS) is 10.9. The molecule has 0 radical (unpaired) electrons. The van der Waals surface area contributed by atoms with Crippen LogP contribution < -0.4 is 25.5 Å². The van der Waals surface area contributed by atoms with Crippen LogP contribution in [0.25, 0.3) is 0 Å². The maximum Gasteiger partial charge on any atom is 0.329 e. The number of hydrogen-bond donors (Lipinski definition) is 3. The van der Waals surface area contributed by atoms with E-state index in [2.05, 4.69) is 21.2 Å². The molecule has 0 heterocycles. The average Bonchev–Trinajstić information content (AvgIpc) is 2.82. The van der Waals surface area contributed by atoms with Gasteiger partial charge in [0.2, 0.25) is 0 Å². The van der Waals surface area contributed by atoms with E-state index >= 15 is 0 Å². The summed E-state index contributed by atoms with van der Waals surface area (Å²) in [4.78, 5) is 36.2. The molecule has 0 spiro atoms. The number of ether oxygens (including phenoxy) is 3. The topological polar surface area (TPSA) is 127 Å². The molecule has 10 nitrogen and oxygen atoms in total. The fourth-order valence-electron chi connectivity index (χ4n) is 2.92. The Balaban J connectivity index is 1.94. The van der Waals surface area contributed by atoms with Crippen molar-refractivity contribution in [3.63, 3.8) is 0 Å². The number of rotatable bonds is 13. The molecule has 3 N–H and O–H groups in total. The molecule has 0 unspecified atom stereocenters. The Kier molecular flexibility index (Phi) is 13.6. The summed E-state index contributed by atoms with van der Waals surface area (Å²) in [7, 11) is 0. The Labute approximate surface area is 244 Å². The number of amides is 3. The number of hydrogen-bond acceptors (Lipinski definition) is 7. The molecule has 0 aliphatic rings. The Morgan fingerprint density at radius 1 is 1.05 bits per heavy atom. The average molecular weight is 679 g/mol. The van der Waals surface area contributed by atoms with Crippen LogP contribution in [0.5, 0.6) is 11.5 Å². The van der Waals surface area contributed by atoms with Crippen molar-refractivity contribution in [1.82, 2.24) is 10.7 Å². The van der Waals surface area contributed by atoms with Crippen molar-refractivity contribution in [2.24, 2.45) is 5.10 Å². The van der Waals surface area contributed by atoms with Crippen LogP contribution >= 0.6 is 45.8 Å². The van der Waals surface area contributed by atoms with Crippen LogP contribution in [0.4, 0.5) is 5.69 Å². The predicted molar refractivity (Wildman–Crippen MR) is 155 cm³/mol. The zero-order valence-electron chi connectivity index (χ0n) is 21.1. The number of carbonyl (C=O) groups excluding carboxylic acids is 3. The summed E-state index contributed by atoms with van der Waals surface area (Å²) in [6.07, 6.45) is 2.06. The van der Waals surface area contributed by atoms with Gasteiger partial charge in [0.15, 0.2) is 18.1 Å². The van der Waals surface area contributed by atoms with Gasteiger partial charge >= 0.3 is 11.8 Å². The lowest BCUT2D eigenvalue weighted by atomic mass is 10.2. The molecule has 0 fully saturated rings. The van der Waals surface area contributed by atoms with Gasteiger partial charge in [0.25, 0.3) is 5.91 Å². The van der Waals surface area contributed by atoms with Gasteiger partial charge in [-0.15, -0.1) is 0 Å². The quantitative estimate of drug-likeness (QED) is 0.0948. The summed E-state index contributed by atoms with van der Waals surface area (Å²) in [6, 6.07) is 8.06. The molecule has 0 saturated heterocycles. The molecule has 38 heavy (non-hydrogen) atoms. The van der Waals surface area contributed by atoms with E-state index in [-0.39, 0.29) is 12.7 Å². The highest BCUT2D eigenvalue weighted by Gasteiger charge is 2.15. The number of nitrogens with one attached hydrogen (secondary N) is 3. The van der Waals surface area contributed by atoms with Gasteiger partial charge in [-0.1, -0.05) is 23.2 Å².